The molecule has 3 aromatic rings. The summed E-state index contributed by atoms with van der Waals surface area (Å²) in [5, 5.41) is 1.27. The van der Waals surface area contributed by atoms with Gasteiger partial charge in [0.1, 0.15) is 0 Å². The van der Waals surface area contributed by atoms with E-state index >= 15 is 0 Å². The Labute approximate surface area is 164 Å². The molecule has 2 aliphatic rings. The van der Waals surface area contributed by atoms with E-state index in [1.807, 2.05) is 11.8 Å². The van der Waals surface area contributed by atoms with E-state index in [1.54, 1.807) is 0 Å². The summed E-state index contributed by atoms with van der Waals surface area (Å²) in [6.07, 6.45) is 6.90. The second kappa shape index (κ2) is 6.67. The number of para-hydroxylation sites is 3. The van der Waals surface area contributed by atoms with Gasteiger partial charge in [0.05, 0.1) is 16.8 Å². The van der Waals surface area contributed by atoms with Gasteiger partial charge in [-0.15, -0.1) is 0 Å². The first kappa shape index (κ1) is 16.3. The summed E-state index contributed by atoms with van der Waals surface area (Å²) in [5.74, 6) is 0. The van der Waals surface area contributed by atoms with E-state index < -0.39 is 0 Å². The van der Waals surface area contributed by atoms with Crippen LogP contribution in [0.15, 0.2) is 101 Å². The van der Waals surface area contributed by atoms with Gasteiger partial charge in [0.2, 0.25) is 0 Å². The van der Waals surface area contributed by atoms with Crippen LogP contribution in [-0.2, 0) is 0 Å². The zero-order chi connectivity index (χ0) is 18.2. The van der Waals surface area contributed by atoms with Crippen molar-refractivity contribution in [1.82, 2.24) is 0 Å². The minimum atomic E-state index is 0.168. The number of anilines is 3. The maximum Gasteiger partial charge on any atom is 0.0782 e. The molecule has 0 aliphatic carbocycles. The lowest BCUT2D eigenvalue weighted by Gasteiger charge is -2.35. The summed E-state index contributed by atoms with van der Waals surface area (Å²) >= 11 is 1.84. The fourth-order valence-electron chi connectivity index (χ4n) is 3.74. The number of fused-ring (bicyclic) bond motifs is 2. The third-order valence-corrected chi connectivity index (χ3v) is 6.27. The van der Waals surface area contributed by atoms with Gasteiger partial charge in [-0.1, -0.05) is 72.4 Å². The monoisotopic (exact) mass is 368 g/mol. The van der Waals surface area contributed by atoms with Crippen molar-refractivity contribution in [3.63, 3.8) is 0 Å². The predicted molar refractivity (Wildman–Crippen MR) is 117 cm³/mol. The molecule has 0 saturated heterocycles. The molecule has 0 saturated carbocycles. The Morgan fingerprint density at radius 2 is 1.52 bits per heavy atom. The van der Waals surface area contributed by atoms with Crippen molar-refractivity contribution >= 4 is 34.9 Å². The Kier molecular flexibility index (Phi) is 4.02. The minimum absolute atomic E-state index is 0.168. The molecule has 0 spiro atoms. The maximum absolute atomic E-state index is 2.42. The highest BCUT2D eigenvalue weighted by Gasteiger charge is 2.26. The smallest absolute Gasteiger partial charge is 0.0782 e. The molecule has 0 bridgehead atoms. The third kappa shape index (κ3) is 2.84. The van der Waals surface area contributed by atoms with E-state index in [4.69, 9.17) is 0 Å². The van der Waals surface area contributed by atoms with Crippen LogP contribution in [0.1, 0.15) is 5.56 Å². The van der Waals surface area contributed by atoms with Crippen molar-refractivity contribution < 1.29 is 0 Å². The average molecular weight is 369 g/mol. The van der Waals surface area contributed by atoms with E-state index in [0.717, 1.165) is 0 Å². The molecule has 5 rings (SSSR count). The first-order chi connectivity index (χ1) is 13.3. The highest BCUT2D eigenvalue weighted by Crippen LogP contribution is 2.46. The summed E-state index contributed by atoms with van der Waals surface area (Å²) in [5.41, 5.74) is 4.99. The van der Waals surface area contributed by atoms with Crippen LogP contribution < -0.4 is 9.80 Å². The first-order valence-corrected chi connectivity index (χ1v) is 9.97. The molecule has 1 atom stereocenters. The zero-order valence-electron chi connectivity index (χ0n) is 15.1. The summed E-state index contributed by atoms with van der Waals surface area (Å²) in [6, 6.07) is 28.0. The van der Waals surface area contributed by atoms with Gasteiger partial charge in [0, 0.05) is 23.3 Å². The van der Waals surface area contributed by atoms with Gasteiger partial charge in [-0.05, 0) is 42.0 Å². The van der Waals surface area contributed by atoms with Gasteiger partial charge in [0.25, 0.3) is 0 Å². The predicted octanol–water partition coefficient (Wildman–Crippen LogP) is 6.30. The van der Waals surface area contributed by atoms with Crippen LogP contribution in [0.4, 0.5) is 17.1 Å². The SMILES string of the molecule is CN1/C(=C\C2C=Cc3ccccc3N2c2ccccc2)Sc2ccccc21. The topological polar surface area (TPSA) is 6.48 Å². The van der Waals surface area contributed by atoms with Gasteiger partial charge in [-0.2, -0.15) is 0 Å². The van der Waals surface area contributed by atoms with Crippen molar-refractivity contribution in [2.24, 2.45) is 0 Å². The largest absolute Gasteiger partial charge is 0.338 e. The Hall–Kier alpha value is -2.91. The van der Waals surface area contributed by atoms with Crippen molar-refractivity contribution in [3.05, 3.63) is 102 Å². The molecule has 2 nitrogen and oxygen atoms in total. The molecule has 0 amide bonds. The molecule has 2 aliphatic heterocycles. The Morgan fingerprint density at radius 3 is 2.33 bits per heavy atom. The molecule has 1 unspecified atom stereocenters. The molecule has 0 radical (unpaired) electrons. The molecular weight excluding hydrogens is 348 g/mol. The number of benzene rings is 3. The number of nitrogens with zero attached hydrogens (tertiary/aromatic N) is 2. The highest BCUT2D eigenvalue weighted by molar-refractivity contribution is 8.03. The lowest BCUT2D eigenvalue weighted by atomic mass is 10.0. The number of rotatable bonds is 2. The molecule has 3 heteroatoms. The summed E-state index contributed by atoms with van der Waals surface area (Å²) < 4.78 is 0. The lowest BCUT2D eigenvalue weighted by Crippen LogP contribution is -2.31. The molecule has 27 heavy (non-hydrogen) atoms. The molecule has 132 valence electrons. The fraction of sp³-hybridized carbons (Fsp3) is 0.0833. The van der Waals surface area contributed by atoms with E-state index in [0.29, 0.717) is 0 Å². The highest BCUT2D eigenvalue weighted by atomic mass is 32.2. The Bertz CT molecular complexity index is 1040. The molecule has 0 aromatic heterocycles. The quantitative estimate of drug-likeness (QED) is 0.524. The van der Waals surface area contributed by atoms with Crippen molar-refractivity contribution in [2.45, 2.75) is 10.9 Å². The maximum atomic E-state index is 2.42. The summed E-state index contributed by atoms with van der Waals surface area (Å²) in [6.45, 7) is 0. The van der Waals surface area contributed by atoms with E-state index in [2.05, 4.69) is 114 Å². The van der Waals surface area contributed by atoms with E-state index in [-0.39, 0.29) is 6.04 Å². The molecule has 3 aromatic carbocycles. The summed E-state index contributed by atoms with van der Waals surface area (Å²) in [7, 11) is 2.15. The average Bonchev–Trinajstić information content (AvgIpc) is 3.04. The van der Waals surface area contributed by atoms with Crippen LogP contribution in [0.2, 0.25) is 0 Å². The van der Waals surface area contributed by atoms with E-state index in [1.165, 1.54) is 32.6 Å². The second-order valence-electron chi connectivity index (χ2n) is 6.75. The number of hydrogen-bond acceptors (Lipinski definition) is 3. The van der Waals surface area contributed by atoms with Crippen LogP contribution in [0.5, 0.6) is 0 Å². The second-order valence-corrected chi connectivity index (χ2v) is 7.81. The zero-order valence-corrected chi connectivity index (χ0v) is 15.9. The third-order valence-electron chi connectivity index (χ3n) is 5.09. The van der Waals surface area contributed by atoms with Gasteiger partial charge < -0.3 is 9.80 Å². The van der Waals surface area contributed by atoms with Crippen LogP contribution in [0, 0.1) is 0 Å². The van der Waals surface area contributed by atoms with Crippen LogP contribution >= 0.6 is 11.8 Å². The molecule has 0 fully saturated rings. The van der Waals surface area contributed by atoms with E-state index in [9.17, 15) is 0 Å². The number of thioether (sulfide) groups is 1. The van der Waals surface area contributed by atoms with Gasteiger partial charge in [-0.25, -0.2) is 0 Å². The van der Waals surface area contributed by atoms with Gasteiger partial charge in [-0.3, -0.25) is 0 Å². The molecule has 2 heterocycles. The normalized spacial score (nSPS) is 19.3. The lowest BCUT2D eigenvalue weighted by molar-refractivity contribution is 0.926. The summed E-state index contributed by atoms with van der Waals surface area (Å²) in [4.78, 5) is 6.02. The molecular formula is C24H20N2S. The number of hydrogen-bond donors (Lipinski definition) is 0. The van der Waals surface area contributed by atoms with Gasteiger partial charge in [0.15, 0.2) is 0 Å². The van der Waals surface area contributed by atoms with Crippen LogP contribution in [0.25, 0.3) is 6.08 Å². The van der Waals surface area contributed by atoms with Crippen LogP contribution in [-0.4, -0.2) is 13.1 Å². The van der Waals surface area contributed by atoms with Gasteiger partial charge >= 0.3 is 0 Å². The van der Waals surface area contributed by atoms with Crippen molar-refractivity contribution in [1.29, 1.82) is 0 Å². The van der Waals surface area contributed by atoms with Crippen LogP contribution in [0.3, 0.4) is 0 Å². The Morgan fingerprint density at radius 1 is 0.815 bits per heavy atom. The van der Waals surface area contributed by atoms with Crippen molar-refractivity contribution in [3.8, 4) is 0 Å². The minimum Gasteiger partial charge on any atom is -0.338 e. The fourth-order valence-corrected chi connectivity index (χ4v) is 4.86. The van der Waals surface area contributed by atoms with Crippen molar-refractivity contribution in [2.75, 3.05) is 16.8 Å². The standard InChI is InChI=1S/C24H20N2S/c1-25-22-13-7-8-14-23(22)27-24(25)17-20-16-15-18-9-5-6-12-21(18)26(20)19-10-3-2-4-11-19/h2-17,20H,1H3/b24-17+. The molecule has 0 N–H and O–H groups in total. The first-order valence-electron chi connectivity index (χ1n) is 9.15. The Balaban J connectivity index is 1.58.